The van der Waals surface area contributed by atoms with Gasteiger partial charge < -0.3 is 10.1 Å². The van der Waals surface area contributed by atoms with Crippen LogP contribution in [0.4, 0.5) is 5.69 Å². The van der Waals surface area contributed by atoms with Gasteiger partial charge in [-0.05, 0) is 50.3 Å². The molecule has 0 saturated carbocycles. The fourth-order valence-electron chi connectivity index (χ4n) is 2.30. The average molecular weight is 326 g/mol. The van der Waals surface area contributed by atoms with Gasteiger partial charge in [0.15, 0.2) is 0 Å². The average Bonchev–Trinajstić information content (AvgIpc) is 2.85. The van der Waals surface area contributed by atoms with E-state index in [1.165, 1.54) is 5.56 Å². The quantitative estimate of drug-likeness (QED) is 0.841. The van der Waals surface area contributed by atoms with Crippen LogP contribution in [0, 0.1) is 0 Å². The van der Waals surface area contributed by atoms with Crippen LogP contribution in [-0.4, -0.2) is 23.4 Å². The molecule has 19 heavy (non-hydrogen) atoms. The standard InChI is InChI=1S/C15H20BrNO2/c1-15(8-4-10-19-15)14(18)17-13-7-2-5-12(11-13)6-3-9-16/h2,5,7,11H,3-4,6,8-10H2,1H3,(H,17,18). The molecule has 1 aliphatic heterocycles. The third-order valence-corrected chi connectivity index (χ3v) is 4.04. The first-order valence-electron chi connectivity index (χ1n) is 6.74. The van der Waals surface area contributed by atoms with Crippen LogP contribution >= 0.6 is 15.9 Å². The molecule has 104 valence electrons. The second kappa shape index (κ2) is 6.53. The largest absolute Gasteiger partial charge is 0.365 e. The van der Waals surface area contributed by atoms with Gasteiger partial charge in [0, 0.05) is 17.6 Å². The Balaban J connectivity index is 2.00. The Bertz CT molecular complexity index is 442. The minimum absolute atomic E-state index is 0.0392. The third kappa shape index (κ3) is 3.80. The van der Waals surface area contributed by atoms with Crippen molar-refractivity contribution in [1.82, 2.24) is 0 Å². The van der Waals surface area contributed by atoms with Crippen LogP contribution < -0.4 is 5.32 Å². The van der Waals surface area contributed by atoms with Gasteiger partial charge in [-0.15, -0.1) is 0 Å². The highest BCUT2D eigenvalue weighted by Gasteiger charge is 2.37. The molecule has 0 aromatic heterocycles. The molecule has 1 fully saturated rings. The topological polar surface area (TPSA) is 38.3 Å². The van der Waals surface area contributed by atoms with E-state index in [1.54, 1.807) is 0 Å². The van der Waals surface area contributed by atoms with Crippen molar-refractivity contribution in [2.75, 3.05) is 17.3 Å². The Labute approximate surface area is 122 Å². The second-order valence-corrected chi connectivity index (χ2v) is 5.92. The summed E-state index contributed by atoms with van der Waals surface area (Å²) in [6.07, 6.45) is 3.86. The van der Waals surface area contributed by atoms with Crippen LogP contribution in [0.3, 0.4) is 0 Å². The van der Waals surface area contributed by atoms with E-state index in [0.29, 0.717) is 6.61 Å². The van der Waals surface area contributed by atoms with E-state index in [2.05, 4.69) is 27.3 Å². The highest BCUT2D eigenvalue weighted by Crippen LogP contribution is 2.26. The lowest BCUT2D eigenvalue weighted by molar-refractivity contribution is -0.133. The van der Waals surface area contributed by atoms with Crippen LogP contribution in [0.2, 0.25) is 0 Å². The first-order valence-corrected chi connectivity index (χ1v) is 7.86. The van der Waals surface area contributed by atoms with Crippen molar-refractivity contribution in [2.24, 2.45) is 0 Å². The van der Waals surface area contributed by atoms with Crippen molar-refractivity contribution in [3.05, 3.63) is 29.8 Å². The lowest BCUT2D eigenvalue weighted by atomic mass is 10.0. The molecular formula is C15H20BrNO2. The summed E-state index contributed by atoms with van der Waals surface area (Å²) in [5.41, 5.74) is 1.44. The number of carbonyl (C=O) groups excluding carboxylic acids is 1. The molecule has 1 amide bonds. The molecule has 1 unspecified atom stereocenters. The molecule has 1 saturated heterocycles. The van der Waals surface area contributed by atoms with Gasteiger partial charge in [0.25, 0.3) is 5.91 Å². The zero-order chi connectivity index (χ0) is 13.7. The monoisotopic (exact) mass is 325 g/mol. The van der Waals surface area contributed by atoms with Crippen LogP contribution in [0.25, 0.3) is 0 Å². The van der Waals surface area contributed by atoms with Crippen LogP contribution in [-0.2, 0) is 16.0 Å². The molecule has 0 radical (unpaired) electrons. The number of carbonyl (C=O) groups is 1. The molecule has 4 heteroatoms. The van der Waals surface area contributed by atoms with E-state index < -0.39 is 5.60 Å². The Kier molecular flexibility index (Phi) is 4.99. The Morgan fingerprint density at radius 1 is 1.53 bits per heavy atom. The Morgan fingerprint density at radius 2 is 2.37 bits per heavy atom. The van der Waals surface area contributed by atoms with Crippen LogP contribution in [0.1, 0.15) is 31.7 Å². The molecular weight excluding hydrogens is 306 g/mol. The Hall–Kier alpha value is -0.870. The summed E-state index contributed by atoms with van der Waals surface area (Å²) in [5.74, 6) is -0.0392. The first kappa shape index (κ1) is 14.5. The number of benzene rings is 1. The summed E-state index contributed by atoms with van der Waals surface area (Å²) in [5, 5.41) is 3.96. The van der Waals surface area contributed by atoms with Gasteiger partial charge in [-0.1, -0.05) is 28.1 Å². The summed E-state index contributed by atoms with van der Waals surface area (Å²) in [7, 11) is 0. The van der Waals surface area contributed by atoms with Crippen LogP contribution in [0.15, 0.2) is 24.3 Å². The van der Waals surface area contributed by atoms with E-state index in [9.17, 15) is 4.79 Å². The van der Waals surface area contributed by atoms with Crippen molar-refractivity contribution >= 4 is 27.5 Å². The summed E-state index contributed by atoms with van der Waals surface area (Å²) in [4.78, 5) is 12.2. The number of alkyl halides is 1. The number of halogens is 1. The lowest BCUT2D eigenvalue weighted by Gasteiger charge is -2.22. The van der Waals surface area contributed by atoms with Gasteiger partial charge in [0.2, 0.25) is 0 Å². The lowest BCUT2D eigenvalue weighted by Crippen LogP contribution is -2.39. The zero-order valence-corrected chi connectivity index (χ0v) is 12.8. The Morgan fingerprint density at radius 3 is 3.05 bits per heavy atom. The molecule has 3 nitrogen and oxygen atoms in total. The highest BCUT2D eigenvalue weighted by atomic mass is 79.9. The smallest absolute Gasteiger partial charge is 0.256 e. The van der Waals surface area contributed by atoms with E-state index in [-0.39, 0.29) is 5.91 Å². The maximum Gasteiger partial charge on any atom is 0.256 e. The number of rotatable bonds is 5. The van der Waals surface area contributed by atoms with Gasteiger partial charge in [-0.3, -0.25) is 4.79 Å². The fraction of sp³-hybridized carbons (Fsp3) is 0.533. The molecule has 0 bridgehead atoms. The summed E-state index contributed by atoms with van der Waals surface area (Å²) in [6.45, 7) is 2.54. The summed E-state index contributed by atoms with van der Waals surface area (Å²) < 4.78 is 5.55. The molecule has 1 aromatic carbocycles. The van der Waals surface area contributed by atoms with Crippen LogP contribution in [0.5, 0.6) is 0 Å². The SMILES string of the molecule is CC1(C(=O)Nc2cccc(CCCBr)c2)CCCO1. The van der Waals surface area contributed by atoms with Crippen molar-refractivity contribution in [3.8, 4) is 0 Å². The molecule has 1 aromatic rings. The number of amides is 1. The minimum Gasteiger partial charge on any atom is -0.365 e. The number of hydrogen-bond donors (Lipinski definition) is 1. The third-order valence-electron chi connectivity index (χ3n) is 3.48. The molecule has 2 rings (SSSR count). The first-order chi connectivity index (χ1) is 9.14. The number of aryl methyl sites for hydroxylation is 1. The van der Waals surface area contributed by atoms with E-state index in [1.807, 2.05) is 25.1 Å². The van der Waals surface area contributed by atoms with Gasteiger partial charge in [0.05, 0.1) is 0 Å². The van der Waals surface area contributed by atoms with E-state index >= 15 is 0 Å². The van der Waals surface area contributed by atoms with Crippen molar-refractivity contribution in [3.63, 3.8) is 0 Å². The van der Waals surface area contributed by atoms with Crippen molar-refractivity contribution < 1.29 is 9.53 Å². The highest BCUT2D eigenvalue weighted by molar-refractivity contribution is 9.09. The van der Waals surface area contributed by atoms with E-state index in [4.69, 9.17) is 4.74 Å². The molecule has 1 N–H and O–H groups in total. The predicted molar refractivity (Wildman–Crippen MR) is 80.8 cm³/mol. The fourth-order valence-corrected chi connectivity index (χ4v) is 2.58. The number of ether oxygens (including phenoxy) is 1. The summed E-state index contributed by atoms with van der Waals surface area (Å²) >= 11 is 3.43. The minimum atomic E-state index is -0.661. The molecule has 1 atom stereocenters. The van der Waals surface area contributed by atoms with Crippen molar-refractivity contribution in [2.45, 2.75) is 38.2 Å². The zero-order valence-electron chi connectivity index (χ0n) is 11.2. The molecule has 0 spiro atoms. The van der Waals surface area contributed by atoms with E-state index in [0.717, 1.165) is 36.7 Å². The summed E-state index contributed by atoms with van der Waals surface area (Å²) in [6, 6.07) is 8.04. The molecule has 0 aliphatic carbocycles. The number of nitrogens with one attached hydrogen (secondary N) is 1. The van der Waals surface area contributed by atoms with Gasteiger partial charge in [0.1, 0.15) is 5.60 Å². The molecule has 1 aliphatic rings. The van der Waals surface area contributed by atoms with Gasteiger partial charge in [-0.2, -0.15) is 0 Å². The predicted octanol–water partition coefficient (Wildman–Crippen LogP) is 3.52. The second-order valence-electron chi connectivity index (χ2n) is 5.13. The maximum absolute atomic E-state index is 12.2. The van der Waals surface area contributed by atoms with Gasteiger partial charge in [-0.25, -0.2) is 0 Å². The molecule has 1 heterocycles. The number of hydrogen-bond acceptors (Lipinski definition) is 2. The van der Waals surface area contributed by atoms with Crippen molar-refractivity contribution in [1.29, 1.82) is 0 Å². The normalized spacial score (nSPS) is 22.4. The maximum atomic E-state index is 12.2. The number of anilines is 1. The van der Waals surface area contributed by atoms with Gasteiger partial charge >= 0.3 is 0 Å².